The topological polar surface area (TPSA) is 153 Å². The Hall–Kier alpha value is -2.55. The number of nitrogens with zero attached hydrogens (tertiary/aromatic N) is 1. The highest BCUT2D eigenvalue weighted by molar-refractivity contribution is 6.13. The molecule has 13 heteroatoms. The number of rotatable bonds is 22. The third kappa shape index (κ3) is 13.0. The fraction of sp³-hybridized carbons (Fsp3) is 0.708. The van der Waals surface area contributed by atoms with Gasteiger partial charge >= 0.3 is 5.97 Å². The van der Waals surface area contributed by atoms with Crippen LogP contribution in [0.1, 0.15) is 19.3 Å². The minimum Gasteiger partial charge on any atom is -0.446 e. The van der Waals surface area contributed by atoms with Gasteiger partial charge < -0.3 is 33.2 Å². The van der Waals surface area contributed by atoms with E-state index in [-0.39, 0.29) is 69.0 Å². The molecule has 0 N–H and O–H groups in total. The summed E-state index contributed by atoms with van der Waals surface area (Å²) in [5, 5.41) is 0. The smallest absolute Gasteiger partial charge is 0.309 e. The van der Waals surface area contributed by atoms with Crippen molar-refractivity contribution in [2.24, 2.45) is 0 Å². The maximum atomic E-state index is 11.6. The summed E-state index contributed by atoms with van der Waals surface area (Å²) in [5.41, 5.74) is 0. The molecule has 1 heterocycles. The summed E-state index contributed by atoms with van der Waals surface area (Å²) in [5.74, 6) is -1.97. The van der Waals surface area contributed by atoms with Gasteiger partial charge in [0.05, 0.1) is 92.2 Å². The second-order valence-corrected chi connectivity index (χ2v) is 7.89. The van der Waals surface area contributed by atoms with E-state index in [4.69, 9.17) is 33.2 Å². The van der Waals surface area contributed by atoms with Crippen LogP contribution in [-0.4, -0.2) is 126 Å². The summed E-state index contributed by atoms with van der Waals surface area (Å²) < 4.78 is 37.0. The first-order chi connectivity index (χ1) is 18.0. The molecular formula is C24H35NO12. The summed E-state index contributed by atoms with van der Waals surface area (Å²) in [4.78, 5) is 58.3. The van der Waals surface area contributed by atoms with Gasteiger partial charge in [-0.1, -0.05) is 0 Å². The number of imide groups is 1. The molecule has 1 saturated carbocycles. The monoisotopic (exact) mass is 529 g/mol. The first-order valence-electron chi connectivity index (χ1n) is 12.2. The van der Waals surface area contributed by atoms with Crippen molar-refractivity contribution in [1.29, 1.82) is 0 Å². The van der Waals surface area contributed by atoms with Gasteiger partial charge in [-0.05, 0) is 0 Å². The van der Waals surface area contributed by atoms with Crippen molar-refractivity contribution in [1.82, 2.24) is 4.90 Å². The zero-order valence-electron chi connectivity index (χ0n) is 20.9. The Morgan fingerprint density at radius 3 is 1.43 bits per heavy atom. The molecule has 0 saturated heterocycles. The van der Waals surface area contributed by atoms with Crippen molar-refractivity contribution in [2.75, 3.05) is 85.8 Å². The Bertz CT molecular complexity index is 750. The minimum atomic E-state index is -1.24. The largest absolute Gasteiger partial charge is 0.446 e. The van der Waals surface area contributed by atoms with Crippen LogP contribution in [0.4, 0.5) is 0 Å². The molecule has 0 radical (unpaired) electrons. The molecule has 0 aromatic carbocycles. The molecule has 2 rings (SSSR count). The van der Waals surface area contributed by atoms with Crippen LogP contribution < -0.4 is 0 Å². The van der Waals surface area contributed by atoms with E-state index in [9.17, 15) is 24.0 Å². The Balaban J connectivity index is 1.23. The van der Waals surface area contributed by atoms with Crippen LogP contribution in [0.5, 0.6) is 0 Å². The van der Waals surface area contributed by atoms with E-state index < -0.39 is 12.1 Å². The molecule has 0 aromatic rings. The van der Waals surface area contributed by atoms with E-state index in [0.717, 1.165) is 4.90 Å². The van der Waals surface area contributed by atoms with Gasteiger partial charge in [-0.15, -0.1) is 0 Å². The van der Waals surface area contributed by atoms with Crippen LogP contribution in [0.25, 0.3) is 0 Å². The van der Waals surface area contributed by atoms with Gasteiger partial charge in [0.2, 0.25) is 6.10 Å². The molecule has 0 spiro atoms. The predicted molar refractivity (Wildman–Crippen MR) is 125 cm³/mol. The van der Waals surface area contributed by atoms with Gasteiger partial charge in [-0.2, -0.15) is 0 Å². The van der Waals surface area contributed by atoms with E-state index in [2.05, 4.69) is 0 Å². The Morgan fingerprint density at radius 2 is 1.00 bits per heavy atom. The molecule has 1 fully saturated rings. The number of carbonyl (C=O) groups excluding carboxylic acids is 5. The lowest BCUT2D eigenvalue weighted by atomic mass is 10.3. The van der Waals surface area contributed by atoms with Crippen LogP contribution in [0.15, 0.2) is 12.2 Å². The molecule has 1 aliphatic heterocycles. The summed E-state index contributed by atoms with van der Waals surface area (Å²) >= 11 is 0. The van der Waals surface area contributed by atoms with Crippen LogP contribution in [0.3, 0.4) is 0 Å². The third-order valence-electron chi connectivity index (χ3n) is 5.12. The highest BCUT2D eigenvalue weighted by Gasteiger charge is 2.35. The molecule has 208 valence electrons. The average molecular weight is 530 g/mol. The standard InChI is InChI=1S/C24H35NO12/c26-19-1-2-20(27)24(19)37-23(30)5-7-31-9-11-33-13-15-35-17-18-36-16-14-34-12-10-32-8-6-25-21(28)3-4-22(25)29/h3-4,24H,1-2,5-18H2. The molecule has 2 aliphatic rings. The fourth-order valence-corrected chi connectivity index (χ4v) is 3.17. The number of Topliss-reactive ketones (excluding diaryl/α,β-unsaturated/α-hetero) is 2. The Kier molecular flexibility index (Phi) is 15.5. The Labute approximate surface area is 215 Å². The fourth-order valence-electron chi connectivity index (χ4n) is 3.17. The van der Waals surface area contributed by atoms with Crippen molar-refractivity contribution >= 4 is 29.4 Å². The summed E-state index contributed by atoms with van der Waals surface area (Å²) in [7, 11) is 0. The van der Waals surface area contributed by atoms with Crippen LogP contribution in [-0.2, 0) is 57.1 Å². The maximum absolute atomic E-state index is 11.6. The van der Waals surface area contributed by atoms with Crippen LogP contribution >= 0.6 is 0 Å². The molecule has 0 atom stereocenters. The molecule has 37 heavy (non-hydrogen) atoms. The highest BCUT2D eigenvalue weighted by atomic mass is 16.6. The number of ketones is 2. The maximum Gasteiger partial charge on any atom is 0.309 e. The zero-order valence-corrected chi connectivity index (χ0v) is 20.9. The first-order valence-corrected chi connectivity index (χ1v) is 12.2. The number of esters is 1. The van der Waals surface area contributed by atoms with Crippen molar-refractivity contribution in [2.45, 2.75) is 25.4 Å². The third-order valence-corrected chi connectivity index (χ3v) is 5.12. The normalized spacial score (nSPS) is 15.9. The summed E-state index contributed by atoms with van der Waals surface area (Å²) in [6.07, 6.45) is 1.46. The lowest BCUT2D eigenvalue weighted by molar-refractivity contribution is -0.158. The number of carbonyl (C=O) groups is 5. The molecule has 13 nitrogen and oxygen atoms in total. The SMILES string of the molecule is O=C(CCOCCOCCOCCOCCOCCOCCN1C(=O)C=CC1=O)OC1C(=O)CCC1=O. The highest BCUT2D eigenvalue weighted by Crippen LogP contribution is 2.14. The lowest BCUT2D eigenvalue weighted by Crippen LogP contribution is -2.33. The molecule has 2 amide bonds. The number of ether oxygens (including phenoxy) is 7. The number of amides is 2. The van der Waals surface area contributed by atoms with E-state index in [1.165, 1.54) is 12.2 Å². The van der Waals surface area contributed by atoms with Crippen molar-refractivity contribution < 1.29 is 57.1 Å². The van der Waals surface area contributed by atoms with Crippen molar-refractivity contribution in [3.05, 3.63) is 12.2 Å². The molecular weight excluding hydrogens is 494 g/mol. The van der Waals surface area contributed by atoms with Crippen LogP contribution in [0, 0.1) is 0 Å². The zero-order chi connectivity index (χ0) is 26.7. The van der Waals surface area contributed by atoms with E-state index in [1.807, 2.05) is 0 Å². The van der Waals surface area contributed by atoms with Gasteiger partial charge in [-0.3, -0.25) is 28.9 Å². The number of hydrogen-bond donors (Lipinski definition) is 0. The van der Waals surface area contributed by atoms with Crippen molar-refractivity contribution in [3.8, 4) is 0 Å². The van der Waals surface area contributed by atoms with Gasteiger partial charge in [0.15, 0.2) is 11.6 Å². The van der Waals surface area contributed by atoms with Gasteiger partial charge in [-0.25, -0.2) is 0 Å². The molecule has 0 unspecified atom stereocenters. The van der Waals surface area contributed by atoms with Gasteiger partial charge in [0.1, 0.15) is 0 Å². The van der Waals surface area contributed by atoms with Crippen molar-refractivity contribution in [3.63, 3.8) is 0 Å². The Morgan fingerprint density at radius 1 is 0.622 bits per heavy atom. The van der Waals surface area contributed by atoms with E-state index in [0.29, 0.717) is 59.5 Å². The second kappa shape index (κ2) is 18.7. The van der Waals surface area contributed by atoms with Gasteiger partial charge in [0.25, 0.3) is 11.8 Å². The van der Waals surface area contributed by atoms with Gasteiger partial charge in [0, 0.05) is 25.0 Å². The second-order valence-electron chi connectivity index (χ2n) is 7.89. The average Bonchev–Trinajstić information content (AvgIpc) is 3.37. The number of hydrogen-bond acceptors (Lipinski definition) is 12. The van der Waals surface area contributed by atoms with E-state index in [1.54, 1.807) is 0 Å². The molecule has 0 bridgehead atoms. The van der Waals surface area contributed by atoms with Crippen LogP contribution in [0.2, 0.25) is 0 Å². The minimum absolute atomic E-state index is 0.0394. The first kappa shape index (κ1) is 30.7. The predicted octanol–water partition coefficient (Wildman–Crippen LogP) is -0.755. The molecule has 0 aromatic heterocycles. The lowest BCUT2D eigenvalue weighted by Gasteiger charge is -2.13. The van der Waals surface area contributed by atoms with E-state index >= 15 is 0 Å². The summed E-state index contributed by atoms with van der Waals surface area (Å²) in [6.45, 7) is 4.41. The quantitative estimate of drug-likeness (QED) is 0.0750. The molecule has 1 aliphatic carbocycles. The summed E-state index contributed by atoms with van der Waals surface area (Å²) in [6, 6.07) is 0.